The molecule has 1 atom stereocenters. The lowest BCUT2D eigenvalue weighted by Crippen LogP contribution is -2.31. The van der Waals surface area contributed by atoms with Gasteiger partial charge in [0.15, 0.2) is 23.1 Å². The van der Waals surface area contributed by atoms with Crippen molar-refractivity contribution in [3.63, 3.8) is 0 Å². The number of aliphatic hydroxyl groups is 1. The van der Waals surface area contributed by atoms with Crippen molar-refractivity contribution in [2.45, 2.75) is 13.0 Å². The molecule has 30 heavy (non-hydrogen) atoms. The van der Waals surface area contributed by atoms with Crippen LogP contribution in [0.1, 0.15) is 27.0 Å². The molecule has 0 radical (unpaired) electrons. The van der Waals surface area contributed by atoms with E-state index in [1.165, 1.54) is 30.5 Å². The van der Waals surface area contributed by atoms with Crippen LogP contribution in [0, 0.1) is 6.92 Å². The van der Waals surface area contributed by atoms with Crippen LogP contribution in [0.3, 0.4) is 0 Å². The smallest absolute Gasteiger partial charge is 0.295 e. The van der Waals surface area contributed by atoms with E-state index in [-0.39, 0.29) is 11.4 Å². The molecule has 2 aromatic heterocycles. The van der Waals surface area contributed by atoms with Crippen molar-refractivity contribution in [3.8, 4) is 11.5 Å². The largest absolute Gasteiger partial charge is 0.503 e. The topological polar surface area (TPSA) is 102 Å². The van der Waals surface area contributed by atoms with Gasteiger partial charge in [0.25, 0.3) is 5.91 Å². The highest BCUT2D eigenvalue weighted by Gasteiger charge is 2.47. The summed E-state index contributed by atoms with van der Waals surface area (Å²) in [6.45, 7) is 1.68. The summed E-state index contributed by atoms with van der Waals surface area (Å²) in [5.41, 5.74) is 0.407. The number of methoxy groups -OCH3 is 2. The monoisotopic (exact) mass is 426 g/mol. The van der Waals surface area contributed by atoms with Crippen molar-refractivity contribution in [1.29, 1.82) is 0 Å². The number of ketones is 1. The van der Waals surface area contributed by atoms with E-state index < -0.39 is 23.5 Å². The molecule has 154 valence electrons. The Morgan fingerprint density at radius 1 is 1.23 bits per heavy atom. The molecule has 8 nitrogen and oxygen atoms in total. The van der Waals surface area contributed by atoms with Gasteiger partial charge in [0, 0.05) is 11.6 Å². The highest BCUT2D eigenvalue weighted by molar-refractivity contribution is 7.12. The van der Waals surface area contributed by atoms with Crippen LogP contribution >= 0.6 is 11.3 Å². The van der Waals surface area contributed by atoms with E-state index in [1.54, 1.807) is 48.7 Å². The Kier molecular flexibility index (Phi) is 5.04. The van der Waals surface area contributed by atoms with Gasteiger partial charge in [-0.05, 0) is 24.4 Å². The summed E-state index contributed by atoms with van der Waals surface area (Å²) in [5, 5.41) is 16.4. The number of nitrogens with zero attached hydrogens (tertiary/aromatic N) is 2. The number of ether oxygens (including phenoxy) is 2. The fourth-order valence-corrected chi connectivity index (χ4v) is 4.18. The van der Waals surface area contributed by atoms with Gasteiger partial charge in [-0.1, -0.05) is 23.4 Å². The van der Waals surface area contributed by atoms with Gasteiger partial charge in [0.1, 0.15) is 11.8 Å². The first-order chi connectivity index (χ1) is 14.5. The van der Waals surface area contributed by atoms with Gasteiger partial charge in [-0.15, -0.1) is 11.3 Å². The average Bonchev–Trinajstić information content (AvgIpc) is 3.48. The predicted molar refractivity (Wildman–Crippen MR) is 109 cm³/mol. The fraction of sp³-hybridized carbons (Fsp3) is 0.190. The first-order valence-corrected chi connectivity index (χ1v) is 9.85. The molecular weight excluding hydrogens is 408 g/mol. The Labute approximate surface area is 175 Å². The molecule has 0 bridgehead atoms. The minimum atomic E-state index is -0.985. The maximum atomic E-state index is 13.3. The number of aromatic nitrogens is 1. The lowest BCUT2D eigenvalue weighted by Gasteiger charge is -2.26. The van der Waals surface area contributed by atoms with Gasteiger partial charge in [0.05, 0.1) is 24.7 Å². The van der Waals surface area contributed by atoms with Gasteiger partial charge in [0.2, 0.25) is 5.78 Å². The van der Waals surface area contributed by atoms with Crippen LogP contribution in [0.2, 0.25) is 0 Å². The molecule has 0 spiro atoms. The van der Waals surface area contributed by atoms with Crippen LogP contribution in [0.15, 0.2) is 57.6 Å². The number of carbonyl (C=O) groups excluding carboxylic acids is 2. The van der Waals surface area contributed by atoms with Gasteiger partial charge >= 0.3 is 0 Å². The molecule has 3 aromatic rings. The summed E-state index contributed by atoms with van der Waals surface area (Å²) in [5.74, 6) is -0.419. The zero-order valence-corrected chi connectivity index (χ0v) is 17.2. The number of para-hydroxylation sites is 1. The van der Waals surface area contributed by atoms with Gasteiger partial charge in [-0.25, -0.2) is 0 Å². The van der Waals surface area contributed by atoms with Crippen LogP contribution in [0.5, 0.6) is 11.5 Å². The third-order valence-corrected chi connectivity index (χ3v) is 5.66. The number of carbonyl (C=O) groups is 2. The third kappa shape index (κ3) is 3.03. The second kappa shape index (κ2) is 7.68. The fourth-order valence-electron chi connectivity index (χ4n) is 3.50. The molecular formula is C21H18N2O6S. The number of amides is 1. The van der Waals surface area contributed by atoms with E-state index in [0.29, 0.717) is 27.7 Å². The summed E-state index contributed by atoms with van der Waals surface area (Å²) in [4.78, 5) is 28.0. The maximum absolute atomic E-state index is 13.3. The zero-order chi connectivity index (χ0) is 21.4. The lowest BCUT2D eigenvalue weighted by atomic mass is 9.94. The van der Waals surface area contributed by atoms with Crippen molar-refractivity contribution in [1.82, 2.24) is 5.16 Å². The van der Waals surface area contributed by atoms with Crippen molar-refractivity contribution in [2.75, 3.05) is 19.1 Å². The predicted octanol–water partition coefficient (Wildman–Crippen LogP) is 3.84. The number of Topliss-reactive ketones (excluding diaryl/α,β-unsaturated/α-hetero) is 1. The molecule has 1 amide bonds. The summed E-state index contributed by atoms with van der Waals surface area (Å²) in [7, 11) is 2.96. The first-order valence-electron chi connectivity index (χ1n) is 8.97. The highest BCUT2D eigenvalue weighted by Crippen LogP contribution is 2.47. The molecule has 1 aliphatic heterocycles. The number of aryl methyl sites for hydroxylation is 1. The second-order valence-corrected chi connectivity index (χ2v) is 7.47. The Morgan fingerprint density at radius 3 is 2.63 bits per heavy atom. The highest BCUT2D eigenvalue weighted by atomic mass is 32.1. The normalized spacial score (nSPS) is 16.3. The molecule has 1 N–H and O–H groups in total. The molecule has 1 aliphatic rings. The van der Waals surface area contributed by atoms with Crippen molar-refractivity contribution in [3.05, 3.63) is 69.3 Å². The number of aliphatic hydroxyl groups excluding tert-OH is 1. The minimum absolute atomic E-state index is 0.0605. The van der Waals surface area contributed by atoms with E-state index in [4.69, 9.17) is 14.0 Å². The van der Waals surface area contributed by atoms with E-state index in [1.807, 2.05) is 0 Å². The molecule has 0 aliphatic carbocycles. The number of hydrogen-bond acceptors (Lipinski definition) is 8. The Balaban J connectivity index is 1.95. The molecule has 0 saturated carbocycles. The molecule has 9 heteroatoms. The average molecular weight is 426 g/mol. The van der Waals surface area contributed by atoms with Gasteiger partial charge < -0.3 is 19.1 Å². The number of hydrogen-bond donors (Lipinski definition) is 1. The number of anilines is 1. The molecule has 0 fully saturated rings. The molecule has 3 heterocycles. The van der Waals surface area contributed by atoms with Crippen LogP contribution < -0.4 is 14.4 Å². The van der Waals surface area contributed by atoms with Crippen molar-refractivity contribution in [2.24, 2.45) is 0 Å². The molecule has 0 unspecified atom stereocenters. The van der Waals surface area contributed by atoms with Crippen LogP contribution in [-0.2, 0) is 4.79 Å². The Bertz CT molecular complexity index is 1150. The molecule has 0 saturated heterocycles. The molecule has 1 aromatic carbocycles. The lowest BCUT2D eigenvalue weighted by molar-refractivity contribution is -0.117. The van der Waals surface area contributed by atoms with Crippen molar-refractivity contribution < 1.29 is 28.7 Å². The van der Waals surface area contributed by atoms with E-state index in [9.17, 15) is 14.7 Å². The summed E-state index contributed by atoms with van der Waals surface area (Å²) in [6, 6.07) is 9.07. The van der Waals surface area contributed by atoms with Crippen LogP contribution in [0.25, 0.3) is 0 Å². The van der Waals surface area contributed by atoms with Crippen LogP contribution in [0.4, 0.5) is 5.82 Å². The number of benzene rings is 1. The maximum Gasteiger partial charge on any atom is 0.295 e. The SMILES string of the molecule is COc1cccc([C@@H]2C(C(=O)c3cccs3)=C(O)C(=O)N2c2cc(C)on2)c1OC. The third-order valence-electron chi connectivity index (χ3n) is 4.79. The summed E-state index contributed by atoms with van der Waals surface area (Å²) < 4.78 is 16.0. The number of thiophene rings is 1. The summed E-state index contributed by atoms with van der Waals surface area (Å²) in [6.07, 6.45) is 0. The summed E-state index contributed by atoms with van der Waals surface area (Å²) >= 11 is 1.22. The van der Waals surface area contributed by atoms with E-state index in [2.05, 4.69) is 5.16 Å². The first kappa shape index (κ1) is 19.7. The van der Waals surface area contributed by atoms with E-state index >= 15 is 0 Å². The molecule has 4 rings (SSSR count). The van der Waals surface area contributed by atoms with Gasteiger partial charge in [-0.3, -0.25) is 14.5 Å². The van der Waals surface area contributed by atoms with E-state index in [0.717, 1.165) is 0 Å². The number of rotatable bonds is 6. The standard InChI is InChI=1S/C21H18N2O6S/c1-11-10-15(22-29-11)23-17(12-6-4-7-13(27-2)20(12)28-3)16(19(25)21(23)26)18(24)14-8-5-9-30-14/h4-10,17,25H,1-3H3/t17-/m1/s1. The Hall–Kier alpha value is -3.59. The van der Waals surface area contributed by atoms with Crippen LogP contribution in [-0.4, -0.2) is 36.2 Å². The van der Waals surface area contributed by atoms with Crippen molar-refractivity contribution >= 4 is 28.8 Å². The van der Waals surface area contributed by atoms with Gasteiger partial charge in [-0.2, -0.15) is 0 Å². The second-order valence-electron chi connectivity index (χ2n) is 6.52. The zero-order valence-electron chi connectivity index (χ0n) is 16.4. The minimum Gasteiger partial charge on any atom is -0.503 e. The Morgan fingerprint density at radius 2 is 2.03 bits per heavy atom. The quantitative estimate of drug-likeness (QED) is 0.598.